The Morgan fingerprint density at radius 1 is 1.22 bits per heavy atom. The van der Waals surface area contributed by atoms with Crippen molar-refractivity contribution in [1.29, 1.82) is 0 Å². The Kier molecular flexibility index (Phi) is 6.03. The highest BCUT2D eigenvalue weighted by molar-refractivity contribution is 9.10. The molecule has 5 nitrogen and oxygen atoms in total. The van der Waals surface area contributed by atoms with Crippen LogP contribution in [-0.4, -0.2) is 23.5 Å². The van der Waals surface area contributed by atoms with E-state index >= 15 is 0 Å². The highest BCUT2D eigenvalue weighted by atomic mass is 79.9. The third kappa shape index (κ3) is 4.98. The van der Waals surface area contributed by atoms with Crippen molar-refractivity contribution in [2.75, 3.05) is 16.8 Å². The fourth-order valence-corrected chi connectivity index (χ4v) is 4.01. The SMILES string of the molecule is CC(C)CC1CN1c1ccc(-c2ccnc(NC(=O)c3ccc(Br)o3)c2)cc1C(F)(F)F. The molecular formula is C23H21BrF3N3O2. The lowest BCUT2D eigenvalue weighted by atomic mass is 10.0. The lowest BCUT2D eigenvalue weighted by molar-refractivity contribution is -0.137. The first kappa shape index (κ1) is 22.4. The molecule has 0 spiro atoms. The van der Waals surface area contributed by atoms with Crippen LogP contribution in [0.15, 0.2) is 57.7 Å². The fourth-order valence-electron chi connectivity index (χ4n) is 3.71. The molecule has 1 aliphatic rings. The van der Waals surface area contributed by atoms with Gasteiger partial charge in [0.2, 0.25) is 0 Å². The van der Waals surface area contributed by atoms with Gasteiger partial charge in [0, 0.05) is 24.5 Å². The second-order valence-corrected chi connectivity index (χ2v) is 8.93. The van der Waals surface area contributed by atoms with Crippen molar-refractivity contribution < 1.29 is 22.4 Å². The first-order valence-corrected chi connectivity index (χ1v) is 10.9. The lowest BCUT2D eigenvalue weighted by Gasteiger charge is -2.17. The van der Waals surface area contributed by atoms with E-state index in [-0.39, 0.29) is 23.3 Å². The van der Waals surface area contributed by atoms with E-state index in [2.05, 4.69) is 40.1 Å². The predicted molar refractivity (Wildman–Crippen MR) is 120 cm³/mol. The first-order chi connectivity index (χ1) is 15.1. The molecule has 9 heteroatoms. The minimum atomic E-state index is -4.48. The van der Waals surface area contributed by atoms with Crippen LogP contribution in [0.3, 0.4) is 0 Å². The second kappa shape index (κ2) is 8.61. The number of nitrogens with one attached hydrogen (secondary N) is 1. The number of furan rings is 1. The van der Waals surface area contributed by atoms with E-state index in [9.17, 15) is 18.0 Å². The summed E-state index contributed by atoms with van der Waals surface area (Å²) in [6.45, 7) is 4.76. The molecular weight excluding hydrogens is 487 g/mol. The van der Waals surface area contributed by atoms with Crippen LogP contribution in [0.4, 0.5) is 24.7 Å². The van der Waals surface area contributed by atoms with E-state index in [4.69, 9.17) is 4.42 Å². The smallest absolute Gasteiger partial charge is 0.418 e. The van der Waals surface area contributed by atoms with Crippen molar-refractivity contribution in [3.63, 3.8) is 0 Å². The molecule has 4 rings (SSSR count). The first-order valence-electron chi connectivity index (χ1n) is 10.1. The molecule has 3 aromatic rings. The Balaban J connectivity index is 1.60. The number of amides is 1. The van der Waals surface area contributed by atoms with E-state index in [0.717, 1.165) is 12.5 Å². The molecule has 1 aromatic carbocycles. The molecule has 1 fully saturated rings. The molecule has 32 heavy (non-hydrogen) atoms. The van der Waals surface area contributed by atoms with Gasteiger partial charge in [0.1, 0.15) is 5.82 Å². The van der Waals surface area contributed by atoms with Crippen molar-refractivity contribution in [1.82, 2.24) is 4.98 Å². The lowest BCUT2D eigenvalue weighted by Crippen LogP contribution is -2.12. The molecule has 1 amide bonds. The third-order valence-electron chi connectivity index (χ3n) is 5.20. The normalized spacial score (nSPS) is 15.8. The average Bonchev–Trinajstić information content (AvgIpc) is 3.33. The van der Waals surface area contributed by atoms with E-state index in [1.165, 1.54) is 24.4 Å². The molecule has 1 saturated heterocycles. The Morgan fingerprint density at radius 3 is 2.62 bits per heavy atom. The van der Waals surface area contributed by atoms with Gasteiger partial charge in [0.05, 0.1) is 5.56 Å². The van der Waals surface area contributed by atoms with Gasteiger partial charge >= 0.3 is 6.18 Å². The van der Waals surface area contributed by atoms with Crippen LogP contribution in [0.5, 0.6) is 0 Å². The zero-order valence-corrected chi connectivity index (χ0v) is 19.0. The zero-order valence-electron chi connectivity index (χ0n) is 17.4. The van der Waals surface area contributed by atoms with Gasteiger partial charge in [0.15, 0.2) is 10.4 Å². The molecule has 3 heterocycles. The van der Waals surface area contributed by atoms with Crippen molar-refractivity contribution in [2.45, 2.75) is 32.5 Å². The van der Waals surface area contributed by atoms with Gasteiger partial charge in [-0.05, 0) is 75.8 Å². The molecule has 0 aliphatic carbocycles. The molecule has 2 aromatic heterocycles. The third-order valence-corrected chi connectivity index (χ3v) is 5.63. The van der Waals surface area contributed by atoms with E-state index in [1.54, 1.807) is 23.1 Å². The van der Waals surface area contributed by atoms with Crippen molar-refractivity contribution in [3.8, 4) is 11.1 Å². The Hall–Kier alpha value is -2.81. The van der Waals surface area contributed by atoms with Gasteiger partial charge in [-0.15, -0.1) is 0 Å². The fraction of sp³-hybridized carbons (Fsp3) is 0.304. The molecule has 0 saturated carbocycles. The minimum absolute atomic E-state index is 0.0854. The molecule has 1 aliphatic heterocycles. The van der Waals surface area contributed by atoms with Crippen LogP contribution in [0.2, 0.25) is 0 Å². The minimum Gasteiger partial charge on any atom is -0.444 e. The number of carbonyl (C=O) groups is 1. The van der Waals surface area contributed by atoms with Crippen LogP contribution in [-0.2, 0) is 6.18 Å². The molecule has 168 valence electrons. The molecule has 1 unspecified atom stereocenters. The summed E-state index contributed by atoms with van der Waals surface area (Å²) in [5, 5.41) is 2.60. The van der Waals surface area contributed by atoms with Gasteiger partial charge in [0.25, 0.3) is 5.91 Å². The highest BCUT2D eigenvalue weighted by Gasteiger charge is 2.42. The summed E-state index contributed by atoms with van der Waals surface area (Å²) in [4.78, 5) is 18.2. The van der Waals surface area contributed by atoms with Crippen molar-refractivity contribution in [2.24, 2.45) is 5.92 Å². The van der Waals surface area contributed by atoms with Crippen molar-refractivity contribution in [3.05, 3.63) is 64.7 Å². The Labute approximate surface area is 191 Å². The standard InChI is InChI=1S/C23H21BrF3N3O2/c1-13(2)9-16-12-30(16)18-4-3-14(10-17(18)23(25,26)27)15-7-8-28-21(11-15)29-22(31)19-5-6-20(24)32-19/h3-8,10-11,13,16H,9,12H2,1-2H3,(H,28,29,31). The van der Waals surface area contributed by atoms with Crippen LogP contribution >= 0.6 is 15.9 Å². The van der Waals surface area contributed by atoms with Crippen LogP contribution in [0, 0.1) is 5.92 Å². The van der Waals surface area contributed by atoms with Gasteiger partial charge in [-0.2, -0.15) is 13.2 Å². The number of aromatic nitrogens is 1. The average molecular weight is 508 g/mol. The van der Waals surface area contributed by atoms with Gasteiger partial charge in [-0.1, -0.05) is 19.9 Å². The number of carbonyl (C=O) groups excluding carboxylic acids is 1. The molecule has 1 N–H and O–H groups in total. The van der Waals surface area contributed by atoms with E-state index in [0.29, 0.717) is 28.3 Å². The number of alkyl halides is 3. The summed E-state index contributed by atoms with van der Waals surface area (Å²) in [7, 11) is 0. The maximum Gasteiger partial charge on any atom is 0.418 e. The number of halogens is 4. The van der Waals surface area contributed by atoms with Crippen molar-refractivity contribution >= 4 is 33.3 Å². The summed E-state index contributed by atoms with van der Waals surface area (Å²) in [5.74, 6) is 0.207. The maximum atomic E-state index is 13.9. The predicted octanol–water partition coefficient (Wildman–Crippen LogP) is 6.61. The highest BCUT2D eigenvalue weighted by Crippen LogP contribution is 2.43. The van der Waals surface area contributed by atoms with Crippen LogP contribution < -0.4 is 10.2 Å². The summed E-state index contributed by atoms with van der Waals surface area (Å²) >= 11 is 3.13. The van der Waals surface area contributed by atoms with Gasteiger partial charge in [-0.25, -0.2) is 4.98 Å². The number of benzene rings is 1. The number of hydrogen-bond acceptors (Lipinski definition) is 4. The molecule has 0 radical (unpaired) electrons. The topological polar surface area (TPSA) is 58.1 Å². The van der Waals surface area contributed by atoms with E-state index < -0.39 is 17.6 Å². The zero-order chi connectivity index (χ0) is 23.0. The van der Waals surface area contributed by atoms with Crippen LogP contribution in [0.25, 0.3) is 11.1 Å². The summed E-state index contributed by atoms with van der Waals surface area (Å²) in [6.07, 6.45) is -2.18. The van der Waals surface area contributed by atoms with E-state index in [1.807, 2.05) is 0 Å². The number of pyridine rings is 1. The van der Waals surface area contributed by atoms with Gasteiger partial charge in [-0.3, -0.25) is 4.79 Å². The number of rotatable bonds is 6. The quantitative estimate of drug-likeness (QED) is 0.381. The number of nitrogens with zero attached hydrogens (tertiary/aromatic N) is 2. The number of anilines is 2. The summed E-state index contributed by atoms with van der Waals surface area (Å²) < 4.78 is 47.2. The second-order valence-electron chi connectivity index (χ2n) is 8.15. The largest absolute Gasteiger partial charge is 0.444 e. The number of hydrogen-bond donors (Lipinski definition) is 1. The summed E-state index contributed by atoms with van der Waals surface area (Å²) in [5.41, 5.74) is 0.446. The molecule has 0 bridgehead atoms. The molecule has 1 atom stereocenters. The summed E-state index contributed by atoms with van der Waals surface area (Å²) in [6, 6.07) is 10.7. The van der Waals surface area contributed by atoms with Gasteiger partial charge < -0.3 is 14.6 Å². The monoisotopic (exact) mass is 507 g/mol. The van der Waals surface area contributed by atoms with Crippen LogP contribution in [0.1, 0.15) is 36.4 Å². The Bertz CT molecular complexity index is 1140. The maximum absolute atomic E-state index is 13.9. The Morgan fingerprint density at radius 2 is 1.97 bits per heavy atom.